The van der Waals surface area contributed by atoms with Crippen LogP contribution in [0.25, 0.3) is 0 Å². The van der Waals surface area contributed by atoms with Gasteiger partial charge in [0, 0.05) is 6.54 Å². The summed E-state index contributed by atoms with van der Waals surface area (Å²) in [6.45, 7) is 0.972. The van der Waals surface area contributed by atoms with Gasteiger partial charge in [-0.25, -0.2) is 15.8 Å². The number of nitrogens with two attached hydrogens (primary N) is 1. The number of anilines is 2. The van der Waals surface area contributed by atoms with E-state index >= 15 is 0 Å². The van der Waals surface area contributed by atoms with Crippen LogP contribution in [0, 0.1) is 5.92 Å². The van der Waals surface area contributed by atoms with Crippen molar-refractivity contribution in [2.24, 2.45) is 11.8 Å². The topological polar surface area (TPSA) is 75.9 Å². The third kappa shape index (κ3) is 2.38. The minimum Gasteiger partial charge on any atom is -0.369 e. The number of hydrogen-bond acceptors (Lipinski definition) is 5. The molecule has 0 saturated heterocycles. The van der Waals surface area contributed by atoms with Gasteiger partial charge in [-0.1, -0.05) is 6.42 Å². The quantitative estimate of drug-likeness (QED) is 0.575. The summed E-state index contributed by atoms with van der Waals surface area (Å²) in [6.07, 6.45) is 5.48. The van der Waals surface area contributed by atoms with Gasteiger partial charge in [0.2, 0.25) is 0 Å². The Morgan fingerprint density at radius 2 is 2.13 bits per heavy atom. The molecule has 1 saturated carbocycles. The van der Waals surface area contributed by atoms with Gasteiger partial charge in [-0.05, 0) is 34.7 Å². The molecule has 0 aromatic carbocycles. The van der Waals surface area contributed by atoms with Crippen molar-refractivity contribution >= 4 is 27.6 Å². The molecular formula is C9H14BrN5. The summed E-state index contributed by atoms with van der Waals surface area (Å²) in [5, 5.41) is 3.30. The molecule has 0 bridgehead atoms. The maximum Gasteiger partial charge on any atom is 0.159 e. The molecule has 82 valence electrons. The number of hydrazine groups is 1. The van der Waals surface area contributed by atoms with Crippen LogP contribution >= 0.6 is 15.9 Å². The molecule has 1 aliphatic carbocycles. The number of hydrogen-bond donors (Lipinski definition) is 3. The van der Waals surface area contributed by atoms with E-state index in [2.05, 4.69) is 36.6 Å². The van der Waals surface area contributed by atoms with Gasteiger partial charge in [-0.15, -0.1) is 0 Å². The largest absolute Gasteiger partial charge is 0.369 e. The Hall–Kier alpha value is -0.880. The van der Waals surface area contributed by atoms with Crippen LogP contribution in [-0.2, 0) is 0 Å². The van der Waals surface area contributed by atoms with E-state index in [1.807, 2.05) is 0 Å². The van der Waals surface area contributed by atoms with Gasteiger partial charge >= 0.3 is 0 Å². The number of nitrogen functional groups attached to an aromatic ring is 1. The molecule has 6 heteroatoms. The maximum absolute atomic E-state index is 5.31. The van der Waals surface area contributed by atoms with Crippen molar-refractivity contribution < 1.29 is 0 Å². The molecule has 0 amide bonds. The summed E-state index contributed by atoms with van der Waals surface area (Å²) in [4.78, 5) is 8.14. The van der Waals surface area contributed by atoms with Gasteiger partial charge in [0.25, 0.3) is 0 Å². The van der Waals surface area contributed by atoms with Gasteiger partial charge < -0.3 is 10.7 Å². The second-order valence-corrected chi connectivity index (χ2v) is 4.50. The Morgan fingerprint density at radius 1 is 1.40 bits per heavy atom. The molecule has 5 nitrogen and oxygen atoms in total. The predicted octanol–water partition coefficient (Wildman–Crippen LogP) is 1.74. The second kappa shape index (κ2) is 4.76. The van der Waals surface area contributed by atoms with Crippen molar-refractivity contribution in [3.63, 3.8) is 0 Å². The first-order valence-corrected chi connectivity index (χ1v) is 5.81. The number of rotatable bonds is 4. The molecule has 15 heavy (non-hydrogen) atoms. The molecule has 2 rings (SSSR count). The van der Waals surface area contributed by atoms with Crippen molar-refractivity contribution in [2.75, 3.05) is 17.3 Å². The predicted molar refractivity (Wildman–Crippen MR) is 63.4 cm³/mol. The molecule has 1 fully saturated rings. The third-order valence-electron chi connectivity index (χ3n) is 2.71. The van der Waals surface area contributed by atoms with E-state index in [9.17, 15) is 0 Å². The van der Waals surface area contributed by atoms with Crippen molar-refractivity contribution in [1.29, 1.82) is 0 Å². The fourth-order valence-electron chi connectivity index (χ4n) is 1.53. The first-order valence-electron chi connectivity index (χ1n) is 5.02. The number of halogens is 1. The van der Waals surface area contributed by atoms with Gasteiger partial charge in [-0.2, -0.15) is 0 Å². The Bertz CT molecular complexity index is 339. The van der Waals surface area contributed by atoms with E-state index in [0.717, 1.165) is 22.8 Å². The van der Waals surface area contributed by atoms with Gasteiger partial charge in [0.05, 0.1) is 0 Å². The van der Waals surface area contributed by atoms with E-state index in [1.165, 1.54) is 25.6 Å². The van der Waals surface area contributed by atoms with Crippen LogP contribution in [0.3, 0.4) is 0 Å². The van der Waals surface area contributed by atoms with Gasteiger partial charge in [0.15, 0.2) is 5.82 Å². The number of nitrogens with zero attached hydrogens (tertiary/aromatic N) is 2. The van der Waals surface area contributed by atoms with E-state index in [1.54, 1.807) is 0 Å². The standard InChI is InChI=1S/C9H14BrN5/c10-7-8(12-4-6-2-1-3-6)13-5-14-9(7)15-11/h5-6H,1-4,11H2,(H2,12,13,14,15). The molecule has 0 radical (unpaired) electrons. The number of aromatic nitrogens is 2. The van der Waals surface area contributed by atoms with Crippen molar-refractivity contribution in [1.82, 2.24) is 9.97 Å². The first-order chi connectivity index (χ1) is 7.31. The van der Waals surface area contributed by atoms with Crippen molar-refractivity contribution in [2.45, 2.75) is 19.3 Å². The minimum atomic E-state index is 0.598. The Morgan fingerprint density at radius 3 is 2.73 bits per heavy atom. The summed E-state index contributed by atoms with van der Waals surface area (Å²) >= 11 is 3.40. The summed E-state index contributed by atoms with van der Waals surface area (Å²) in [5.74, 6) is 7.50. The fourth-order valence-corrected chi connectivity index (χ4v) is 1.99. The summed E-state index contributed by atoms with van der Waals surface area (Å²) in [6, 6.07) is 0. The van der Waals surface area contributed by atoms with Crippen LogP contribution in [0.5, 0.6) is 0 Å². The van der Waals surface area contributed by atoms with Crippen molar-refractivity contribution in [3.05, 3.63) is 10.8 Å². The SMILES string of the molecule is NNc1ncnc(NCC2CCC2)c1Br. The van der Waals surface area contributed by atoms with Crippen LogP contribution in [0.4, 0.5) is 11.6 Å². The molecule has 0 spiro atoms. The highest BCUT2D eigenvalue weighted by atomic mass is 79.9. The lowest BCUT2D eigenvalue weighted by Gasteiger charge is -2.25. The number of nitrogens with one attached hydrogen (secondary N) is 2. The summed E-state index contributed by atoms with van der Waals surface area (Å²) in [5.41, 5.74) is 2.51. The van der Waals surface area contributed by atoms with E-state index in [4.69, 9.17) is 5.84 Å². The molecule has 1 aromatic rings. The van der Waals surface area contributed by atoms with Gasteiger partial charge in [0.1, 0.15) is 16.6 Å². The molecule has 1 heterocycles. The first kappa shape index (κ1) is 10.6. The molecule has 1 aromatic heterocycles. The Balaban J connectivity index is 2.00. The van der Waals surface area contributed by atoms with E-state index in [-0.39, 0.29) is 0 Å². The average molecular weight is 272 g/mol. The lowest BCUT2D eigenvalue weighted by Crippen LogP contribution is -2.21. The zero-order valence-corrected chi connectivity index (χ0v) is 9.92. The van der Waals surface area contributed by atoms with E-state index < -0.39 is 0 Å². The molecular weight excluding hydrogens is 258 g/mol. The Labute approximate surface area is 97.0 Å². The third-order valence-corrected chi connectivity index (χ3v) is 3.46. The normalized spacial score (nSPS) is 15.9. The van der Waals surface area contributed by atoms with Crippen LogP contribution in [0.15, 0.2) is 10.8 Å². The molecule has 0 atom stereocenters. The molecule has 1 aliphatic rings. The Kier molecular flexibility index (Phi) is 3.37. The average Bonchev–Trinajstić information content (AvgIpc) is 2.18. The smallest absolute Gasteiger partial charge is 0.159 e. The lowest BCUT2D eigenvalue weighted by atomic mass is 9.85. The minimum absolute atomic E-state index is 0.598. The molecule has 0 unspecified atom stereocenters. The highest BCUT2D eigenvalue weighted by molar-refractivity contribution is 9.10. The van der Waals surface area contributed by atoms with Crippen molar-refractivity contribution in [3.8, 4) is 0 Å². The van der Waals surface area contributed by atoms with E-state index in [0.29, 0.717) is 5.82 Å². The van der Waals surface area contributed by atoms with Crippen LogP contribution < -0.4 is 16.6 Å². The molecule has 4 N–H and O–H groups in total. The van der Waals surface area contributed by atoms with Crippen LogP contribution in [0.1, 0.15) is 19.3 Å². The lowest BCUT2D eigenvalue weighted by molar-refractivity contribution is 0.333. The van der Waals surface area contributed by atoms with Crippen LogP contribution in [0.2, 0.25) is 0 Å². The summed E-state index contributed by atoms with van der Waals surface area (Å²) < 4.78 is 0.784. The zero-order chi connectivity index (χ0) is 10.7. The molecule has 0 aliphatic heterocycles. The maximum atomic E-state index is 5.31. The monoisotopic (exact) mass is 271 g/mol. The second-order valence-electron chi connectivity index (χ2n) is 3.71. The summed E-state index contributed by atoms with van der Waals surface area (Å²) in [7, 11) is 0. The highest BCUT2D eigenvalue weighted by Crippen LogP contribution is 2.29. The fraction of sp³-hybridized carbons (Fsp3) is 0.556. The zero-order valence-electron chi connectivity index (χ0n) is 8.33. The van der Waals surface area contributed by atoms with Crippen LogP contribution in [-0.4, -0.2) is 16.5 Å². The van der Waals surface area contributed by atoms with Gasteiger partial charge in [-0.3, -0.25) is 0 Å². The highest BCUT2D eigenvalue weighted by Gasteiger charge is 2.17.